The number of hydrogen-bond acceptors (Lipinski definition) is 5. The lowest BCUT2D eigenvalue weighted by Crippen LogP contribution is -2.17. The predicted octanol–water partition coefficient (Wildman–Crippen LogP) is 1.92. The van der Waals surface area contributed by atoms with Crippen molar-refractivity contribution in [1.82, 2.24) is 5.43 Å². The van der Waals surface area contributed by atoms with Crippen LogP contribution in [-0.4, -0.2) is 28.3 Å². The first kappa shape index (κ1) is 13.8. The Hall–Kier alpha value is -2.67. The number of carbonyl (C=O) groups excluding carboxylic acids is 1. The molecule has 20 heavy (non-hydrogen) atoms. The molecule has 2 aromatic rings. The maximum Gasteiger partial charge on any atom is 0.345 e. The second-order valence-electron chi connectivity index (χ2n) is 3.75. The van der Waals surface area contributed by atoms with Crippen LogP contribution >= 0.6 is 11.3 Å². The van der Waals surface area contributed by atoms with E-state index >= 15 is 0 Å². The molecule has 1 amide bonds. The topological polar surface area (TPSA) is 99.0 Å². The summed E-state index contributed by atoms with van der Waals surface area (Å²) >= 11 is 1.06. The van der Waals surface area contributed by atoms with Gasteiger partial charge >= 0.3 is 5.97 Å². The summed E-state index contributed by atoms with van der Waals surface area (Å²) in [6, 6.07) is 8.80. The van der Waals surface area contributed by atoms with Crippen LogP contribution in [0.1, 0.15) is 24.9 Å². The standard InChI is InChI=1S/C13H10N2O4S/c16-9-3-1-8(2-4-9)12(17)15-14-7-10-5-6-11(20-10)13(18)19/h1-7,16H,(H,15,17)(H,18,19)/b14-7+. The summed E-state index contributed by atoms with van der Waals surface area (Å²) in [6.45, 7) is 0. The van der Waals surface area contributed by atoms with Crippen molar-refractivity contribution in [3.8, 4) is 5.75 Å². The minimum Gasteiger partial charge on any atom is -0.508 e. The average Bonchev–Trinajstić information content (AvgIpc) is 2.88. The van der Waals surface area contributed by atoms with Gasteiger partial charge in [-0.3, -0.25) is 4.79 Å². The molecule has 0 fully saturated rings. The first-order chi connectivity index (χ1) is 9.56. The van der Waals surface area contributed by atoms with Gasteiger partial charge in [0.05, 0.1) is 6.21 Å². The van der Waals surface area contributed by atoms with Crippen molar-refractivity contribution in [2.75, 3.05) is 0 Å². The molecule has 0 aliphatic rings. The summed E-state index contributed by atoms with van der Waals surface area (Å²) in [5, 5.41) is 21.6. The second kappa shape index (κ2) is 5.98. The summed E-state index contributed by atoms with van der Waals surface area (Å²) in [6.07, 6.45) is 1.37. The third-order valence-electron chi connectivity index (χ3n) is 2.32. The van der Waals surface area contributed by atoms with Crippen LogP contribution in [0.25, 0.3) is 0 Å². The molecule has 3 N–H and O–H groups in total. The van der Waals surface area contributed by atoms with E-state index in [9.17, 15) is 9.59 Å². The Balaban J connectivity index is 1.97. The molecule has 0 aliphatic heterocycles. The molecule has 0 unspecified atom stereocenters. The van der Waals surface area contributed by atoms with Gasteiger partial charge in [-0.15, -0.1) is 11.3 Å². The van der Waals surface area contributed by atoms with Gasteiger partial charge in [0.25, 0.3) is 5.91 Å². The largest absolute Gasteiger partial charge is 0.508 e. The number of benzene rings is 1. The zero-order valence-electron chi connectivity index (χ0n) is 10.1. The molecule has 1 heterocycles. The van der Waals surface area contributed by atoms with Gasteiger partial charge in [-0.05, 0) is 36.4 Å². The summed E-state index contributed by atoms with van der Waals surface area (Å²) < 4.78 is 0. The van der Waals surface area contributed by atoms with Crippen molar-refractivity contribution >= 4 is 29.4 Å². The van der Waals surface area contributed by atoms with Gasteiger partial charge in [-0.1, -0.05) is 0 Å². The highest BCUT2D eigenvalue weighted by molar-refractivity contribution is 7.15. The smallest absolute Gasteiger partial charge is 0.345 e. The Kier molecular flexibility index (Phi) is 4.11. The molecule has 0 spiro atoms. The third kappa shape index (κ3) is 3.42. The number of carboxylic acids is 1. The maximum absolute atomic E-state index is 11.7. The molecule has 0 aliphatic carbocycles. The fraction of sp³-hybridized carbons (Fsp3) is 0. The Morgan fingerprint density at radius 2 is 1.85 bits per heavy atom. The fourth-order valence-corrected chi connectivity index (χ4v) is 2.09. The number of aromatic carboxylic acids is 1. The van der Waals surface area contributed by atoms with E-state index in [1.165, 1.54) is 36.5 Å². The van der Waals surface area contributed by atoms with Crippen LogP contribution in [0.3, 0.4) is 0 Å². The van der Waals surface area contributed by atoms with Crippen LogP contribution in [0.4, 0.5) is 0 Å². The number of hydrazone groups is 1. The molecule has 0 saturated carbocycles. The fourth-order valence-electron chi connectivity index (χ4n) is 1.37. The summed E-state index contributed by atoms with van der Waals surface area (Å²) in [5.74, 6) is -1.34. The first-order valence-electron chi connectivity index (χ1n) is 5.52. The number of hydrogen-bond donors (Lipinski definition) is 3. The molecular weight excluding hydrogens is 280 g/mol. The molecule has 0 atom stereocenters. The summed E-state index contributed by atoms with van der Waals surface area (Å²) in [7, 11) is 0. The third-order valence-corrected chi connectivity index (χ3v) is 3.33. The van der Waals surface area contributed by atoms with E-state index in [1.54, 1.807) is 6.07 Å². The molecule has 0 bridgehead atoms. The summed E-state index contributed by atoms with van der Waals surface area (Å²) in [5.41, 5.74) is 2.67. The number of thiophene rings is 1. The first-order valence-corrected chi connectivity index (χ1v) is 6.33. The summed E-state index contributed by atoms with van der Waals surface area (Å²) in [4.78, 5) is 23.2. The van der Waals surface area contributed by atoms with Gasteiger partial charge < -0.3 is 10.2 Å². The molecule has 102 valence electrons. The van der Waals surface area contributed by atoms with Crippen molar-refractivity contribution < 1.29 is 19.8 Å². The normalized spacial score (nSPS) is 10.6. The van der Waals surface area contributed by atoms with E-state index in [0.29, 0.717) is 10.4 Å². The maximum atomic E-state index is 11.7. The Morgan fingerprint density at radius 3 is 2.45 bits per heavy atom. The van der Waals surface area contributed by atoms with E-state index in [0.717, 1.165) is 11.3 Å². The van der Waals surface area contributed by atoms with Crippen LogP contribution < -0.4 is 5.43 Å². The molecule has 1 aromatic heterocycles. The number of amides is 1. The number of carbonyl (C=O) groups is 2. The lowest BCUT2D eigenvalue weighted by atomic mass is 10.2. The lowest BCUT2D eigenvalue weighted by Gasteiger charge is -1.99. The SMILES string of the molecule is O=C(N/N=C/c1ccc(C(=O)O)s1)c1ccc(O)cc1. The average molecular weight is 290 g/mol. The minimum absolute atomic E-state index is 0.0739. The van der Waals surface area contributed by atoms with Crippen LogP contribution in [-0.2, 0) is 0 Å². The van der Waals surface area contributed by atoms with Gasteiger partial charge in [0.15, 0.2) is 0 Å². The van der Waals surface area contributed by atoms with E-state index < -0.39 is 11.9 Å². The van der Waals surface area contributed by atoms with E-state index in [-0.39, 0.29) is 10.6 Å². The zero-order chi connectivity index (χ0) is 14.5. The van der Waals surface area contributed by atoms with Gasteiger partial charge in [0.2, 0.25) is 0 Å². The zero-order valence-corrected chi connectivity index (χ0v) is 10.9. The van der Waals surface area contributed by atoms with Crippen LogP contribution in [0.15, 0.2) is 41.5 Å². The molecule has 2 rings (SSSR count). The molecule has 0 saturated heterocycles. The highest BCUT2D eigenvalue weighted by Crippen LogP contribution is 2.14. The Morgan fingerprint density at radius 1 is 1.15 bits per heavy atom. The molecular formula is C13H10N2O4S. The van der Waals surface area contributed by atoms with Crippen LogP contribution in [0.5, 0.6) is 5.75 Å². The van der Waals surface area contributed by atoms with E-state index in [4.69, 9.17) is 10.2 Å². The number of phenols is 1. The number of nitrogens with zero attached hydrogens (tertiary/aromatic N) is 1. The van der Waals surface area contributed by atoms with Crippen molar-refractivity contribution in [2.24, 2.45) is 5.10 Å². The minimum atomic E-state index is -0.997. The molecule has 7 heteroatoms. The number of rotatable bonds is 4. The molecule has 1 aromatic carbocycles. The van der Waals surface area contributed by atoms with E-state index in [1.807, 2.05) is 0 Å². The molecule has 0 radical (unpaired) electrons. The van der Waals surface area contributed by atoms with Crippen molar-refractivity contribution in [3.63, 3.8) is 0 Å². The number of phenolic OH excluding ortho intramolecular Hbond substituents is 1. The number of nitrogens with one attached hydrogen (secondary N) is 1. The second-order valence-corrected chi connectivity index (χ2v) is 4.87. The van der Waals surface area contributed by atoms with Crippen molar-refractivity contribution in [3.05, 3.63) is 51.7 Å². The molecule has 6 nitrogen and oxygen atoms in total. The monoisotopic (exact) mass is 290 g/mol. The number of carboxylic acid groups (broad SMARTS) is 1. The van der Waals surface area contributed by atoms with Gasteiger partial charge in [-0.25, -0.2) is 10.2 Å². The van der Waals surface area contributed by atoms with Crippen molar-refractivity contribution in [2.45, 2.75) is 0 Å². The highest BCUT2D eigenvalue weighted by atomic mass is 32.1. The Labute approximate surface area is 118 Å². The highest BCUT2D eigenvalue weighted by Gasteiger charge is 2.06. The van der Waals surface area contributed by atoms with Gasteiger partial charge in [0, 0.05) is 10.4 Å². The quantitative estimate of drug-likeness (QED) is 0.591. The number of aromatic hydroxyl groups is 1. The Bertz CT molecular complexity index is 661. The van der Waals surface area contributed by atoms with Crippen LogP contribution in [0.2, 0.25) is 0 Å². The van der Waals surface area contributed by atoms with Crippen molar-refractivity contribution in [1.29, 1.82) is 0 Å². The van der Waals surface area contributed by atoms with E-state index in [2.05, 4.69) is 10.5 Å². The predicted molar refractivity (Wildman–Crippen MR) is 74.4 cm³/mol. The lowest BCUT2D eigenvalue weighted by molar-refractivity contribution is 0.0702. The van der Waals surface area contributed by atoms with Gasteiger partial charge in [-0.2, -0.15) is 5.10 Å². The van der Waals surface area contributed by atoms with Gasteiger partial charge in [0.1, 0.15) is 10.6 Å². The van der Waals surface area contributed by atoms with Crippen LogP contribution in [0, 0.1) is 0 Å².